The Bertz CT molecular complexity index is 1480. The smallest absolute Gasteiger partial charge is 0.196 e. The summed E-state index contributed by atoms with van der Waals surface area (Å²) in [5.41, 5.74) is 5.57. The van der Waals surface area contributed by atoms with Crippen LogP contribution in [0.15, 0.2) is 76.0 Å². The van der Waals surface area contributed by atoms with Crippen LogP contribution < -0.4 is 14.9 Å². The van der Waals surface area contributed by atoms with Crippen LogP contribution >= 0.6 is 0 Å². The maximum Gasteiger partial charge on any atom is 0.196 e. The van der Waals surface area contributed by atoms with Gasteiger partial charge in [0.1, 0.15) is 41.4 Å². The van der Waals surface area contributed by atoms with Gasteiger partial charge in [0.15, 0.2) is 5.43 Å². The maximum atomic E-state index is 13.1. The first-order chi connectivity index (χ1) is 17.5. The fourth-order valence-electron chi connectivity index (χ4n) is 4.56. The second-order valence-corrected chi connectivity index (χ2v) is 9.40. The molecule has 1 N–H and O–H groups in total. The molecule has 0 amide bonds. The molecule has 0 unspecified atom stereocenters. The molecule has 36 heavy (non-hydrogen) atoms. The van der Waals surface area contributed by atoms with E-state index in [-0.39, 0.29) is 24.6 Å². The highest BCUT2D eigenvalue weighted by molar-refractivity contribution is 5.85. The van der Waals surface area contributed by atoms with Gasteiger partial charge in [0.25, 0.3) is 0 Å². The second kappa shape index (κ2) is 10.4. The summed E-state index contributed by atoms with van der Waals surface area (Å²) in [6.45, 7) is 4.48. The molecule has 0 bridgehead atoms. The largest absolute Gasteiger partial charge is 0.489 e. The Morgan fingerprint density at radius 3 is 2.53 bits per heavy atom. The summed E-state index contributed by atoms with van der Waals surface area (Å²) in [5.74, 6) is 1.64. The zero-order valence-electron chi connectivity index (χ0n) is 20.6. The van der Waals surface area contributed by atoms with Crippen LogP contribution in [-0.2, 0) is 26.2 Å². The normalized spacial score (nSPS) is 12.7. The molecular weight excluding hydrogens is 452 g/mol. The van der Waals surface area contributed by atoms with Crippen LogP contribution in [0.25, 0.3) is 17.0 Å². The molecule has 5 nitrogen and oxygen atoms in total. The van der Waals surface area contributed by atoms with Crippen LogP contribution in [0.1, 0.15) is 59.8 Å². The Morgan fingerprint density at radius 1 is 0.944 bits per heavy atom. The first kappa shape index (κ1) is 23.9. The van der Waals surface area contributed by atoms with Crippen molar-refractivity contribution in [3.63, 3.8) is 0 Å². The van der Waals surface area contributed by atoms with Crippen LogP contribution in [0.4, 0.5) is 0 Å². The number of aliphatic hydroxyl groups excluding tert-OH is 1. The number of allylic oxidation sites excluding steroid dienone is 1. The molecule has 0 aliphatic heterocycles. The van der Waals surface area contributed by atoms with Crippen LogP contribution in [0.5, 0.6) is 11.5 Å². The molecule has 3 aromatic carbocycles. The molecule has 5 rings (SSSR count). The number of aryl methyl sites for hydroxylation is 1. The molecule has 1 aromatic heterocycles. The average molecular weight is 483 g/mol. The number of aliphatic hydroxyl groups is 1. The van der Waals surface area contributed by atoms with Crippen LogP contribution in [0.3, 0.4) is 0 Å². The molecule has 4 aromatic rings. The summed E-state index contributed by atoms with van der Waals surface area (Å²) in [7, 11) is 0. The van der Waals surface area contributed by atoms with E-state index < -0.39 is 0 Å². The molecule has 0 saturated heterocycles. The molecule has 5 heteroatoms. The van der Waals surface area contributed by atoms with Gasteiger partial charge in [-0.15, -0.1) is 0 Å². The third kappa shape index (κ3) is 4.93. The Kier molecular flexibility index (Phi) is 6.92. The predicted molar refractivity (Wildman–Crippen MR) is 141 cm³/mol. The fraction of sp³-hybridized carbons (Fsp3) is 0.258. The summed E-state index contributed by atoms with van der Waals surface area (Å²) in [5, 5.41) is 10.1. The van der Waals surface area contributed by atoms with Crippen LogP contribution in [-0.4, -0.2) is 5.11 Å². The van der Waals surface area contributed by atoms with Crippen LogP contribution in [0, 0.1) is 0 Å². The molecular formula is C31H30O5. The number of fused-ring (bicyclic) bond motifs is 2. The van der Waals surface area contributed by atoms with Gasteiger partial charge in [-0.05, 0) is 40.7 Å². The lowest BCUT2D eigenvalue weighted by molar-refractivity contribution is 0.268. The topological polar surface area (TPSA) is 68.9 Å². The van der Waals surface area contributed by atoms with Crippen molar-refractivity contribution < 1.29 is 19.0 Å². The monoisotopic (exact) mass is 482 g/mol. The summed E-state index contributed by atoms with van der Waals surface area (Å²) in [6.07, 6.45) is 6.45. The van der Waals surface area contributed by atoms with E-state index in [4.69, 9.17) is 13.9 Å². The highest BCUT2D eigenvalue weighted by atomic mass is 16.5. The van der Waals surface area contributed by atoms with Gasteiger partial charge in [0.2, 0.25) is 0 Å². The van der Waals surface area contributed by atoms with E-state index in [9.17, 15) is 9.90 Å². The molecule has 1 aliphatic carbocycles. The summed E-state index contributed by atoms with van der Waals surface area (Å²) in [4.78, 5) is 13.1. The first-order valence-electron chi connectivity index (χ1n) is 12.4. The number of hydrogen-bond acceptors (Lipinski definition) is 5. The Morgan fingerprint density at radius 2 is 1.72 bits per heavy atom. The van der Waals surface area contributed by atoms with Crippen molar-refractivity contribution >= 4 is 17.0 Å². The highest BCUT2D eigenvalue weighted by Gasteiger charge is 2.17. The van der Waals surface area contributed by atoms with Crippen molar-refractivity contribution in [1.82, 2.24) is 0 Å². The van der Waals surface area contributed by atoms with Gasteiger partial charge in [-0.1, -0.05) is 68.5 Å². The van der Waals surface area contributed by atoms with E-state index in [1.807, 2.05) is 38.1 Å². The molecule has 0 fully saturated rings. The van der Waals surface area contributed by atoms with Crippen molar-refractivity contribution in [2.45, 2.75) is 52.4 Å². The van der Waals surface area contributed by atoms with E-state index in [0.29, 0.717) is 34.8 Å². The fourth-order valence-corrected chi connectivity index (χ4v) is 4.56. The summed E-state index contributed by atoms with van der Waals surface area (Å²) in [6, 6.07) is 18.9. The lowest BCUT2D eigenvalue weighted by atomic mass is 9.93. The Labute approximate surface area is 210 Å². The molecule has 0 radical (unpaired) electrons. The standard InChI is InChI=1S/C31H30O5/c1-20(2)28-16-27(33)31-29(35-18-23-10-4-3-9-22(23)17-32)14-25(15-30(31)36-28)34-19-24-12-7-11-21-8-5-6-13-26(21)24/h3-4,6-7,9-16,20,32H,5,8,17-19H2,1-2H3. The van der Waals surface area contributed by atoms with Crippen molar-refractivity contribution in [3.05, 3.63) is 111 Å². The quantitative estimate of drug-likeness (QED) is 0.309. The highest BCUT2D eigenvalue weighted by Crippen LogP contribution is 2.33. The molecule has 0 spiro atoms. The minimum Gasteiger partial charge on any atom is -0.489 e. The van der Waals surface area contributed by atoms with E-state index in [2.05, 4.69) is 30.4 Å². The van der Waals surface area contributed by atoms with Crippen LogP contribution in [0.2, 0.25) is 0 Å². The first-order valence-corrected chi connectivity index (χ1v) is 12.4. The van der Waals surface area contributed by atoms with Gasteiger partial charge >= 0.3 is 0 Å². The minimum absolute atomic E-state index is 0.0649. The lowest BCUT2D eigenvalue weighted by Gasteiger charge is -2.17. The van der Waals surface area contributed by atoms with Gasteiger partial charge in [0.05, 0.1) is 6.61 Å². The zero-order valence-corrected chi connectivity index (χ0v) is 20.6. The molecule has 1 aliphatic rings. The molecule has 0 atom stereocenters. The van der Waals surface area contributed by atoms with Gasteiger partial charge in [-0.2, -0.15) is 0 Å². The van der Waals surface area contributed by atoms with E-state index in [0.717, 1.165) is 29.5 Å². The van der Waals surface area contributed by atoms with E-state index in [1.165, 1.54) is 17.2 Å². The molecule has 0 saturated carbocycles. The number of hydrogen-bond donors (Lipinski definition) is 1. The summed E-state index contributed by atoms with van der Waals surface area (Å²) < 4.78 is 18.5. The van der Waals surface area contributed by atoms with Gasteiger partial charge in [0, 0.05) is 24.1 Å². The minimum atomic E-state index is -0.154. The zero-order chi connectivity index (χ0) is 25.1. The third-order valence-electron chi connectivity index (χ3n) is 6.57. The van der Waals surface area contributed by atoms with Crippen molar-refractivity contribution in [2.75, 3.05) is 0 Å². The van der Waals surface area contributed by atoms with Crippen molar-refractivity contribution in [3.8, 4) is 11.5 Å². The summed E-state index contributed by atoms with van der Waals surface area (Å²) >= 11 is 0. The second-order valence-electron chi connectivity index (χ2n) is 9.40. The SMILES string of the molecule is CC(C)c1cc(=O)c2c(OCc3ccccc3CO)cc(OCc3cccc4c3C=CCC4)cc2o1. The van der Waals surface area contributed by atoms with Gasteiger partial charge in [-0.25, -0.2) is 0 Å². The van der Waals surface area contributed by atoms with Crippen molar-refractivity contribution in [2.24, 2.45) is 0 Å². The van der Waals surface area contributed by atoms with Crippen molar-refractivity contribution in [1.29, 1.82) is 0 Å². The van der Waals surface area contributed by atoms with Gasteiger partial charge in [-0.3, -0.25) is 4.79 Å². The molecule has 1 heterocycles. The number of rotatable bonds is 8. The number of benzene rings is 3. The maximum absolute atomic E-state index is 13.1. The predicted octanol–water partition coefficient (Wildman–Crippen LogP) is 6.53. The van der Waals surface area contributed by atoms with E-state index >= 15 is 0 Å². The molecule has 184 valence electrons. The third-order valence-corrected chi connectivity index (χ3v) is 6.57. The van der Waals surface area contributed by atoms with E-state index in [1.54, 1.807) is 12.1 Å². The average Bonchev–Trinajstić information content (AvgIpc) is 2.90. The number of ether oxygens (including phenoxy) is 2. The Hall–Kier alpha value is -3.83. The Balaban J connectivity index is 1.50. The van der Waals surface area contributed by atoms with Gasteiger partial charge < -0.3 is 19.0 Å². The lowest BCUT2D eigenvalue weighted by Crippen LogP contribution is -2.08.